The van der Waals surface area contributed by atoms with E-state index in [2.05, 4.69) is 29.3 Å². The molecule has 0 aliphatic carbocycles. The van der Waals surface area contributed by atoms with Crippen LogP contribution < -0.4 is 10.1 Å². The summed E-state index contributed by atoms with van der Waals surface area (Å²) in [5.74, 6) is 1.81. The molecule has 2 rings (SSSR count). The quantitative estimate of drug-likeness (QED) is 0.834. The van der Waals surface area contributed by atoms with Gasteiger partial charge in [-0.25, -0.2) is 0 Å². The number of hydrogen-bond donors (Lipinski definition) is 1. The van der Waals surface area contributed by atoms with Gasteiger partial charge in [0.15, 0.2) is 0 Å². The number of ether oxygens (including phenoxy) is 1. The lowest BCUT2D eigenvalue weighted by Gasteiger charge is -2.18. The number of hydrogen-bond acceptors (Lipinski definition) is 3. The molecule has 1 aliphatic rings. The second-order valence-corrected chi connectivity index (χ2v) is 5.01. The van der Waals surface area contributed by atoms with Crippen LogP contribution >= 0.6 is 0 Å². The molecule has 1 saturated heterocycles. The Labute approximate surface area is 110 Å². The summed E-state index contributed by atoms with van der Waals surface area (Å²) < 4.78 is 5.41. The average molecular weight is 248 g/mol. The molecule has 1 N–H and O–H groups in total. The van der Waals surface area contributed by atoms with E-state index in [0.717, 1.165) is 31.3 Å². The van der Waals surface area contributed by atoms with Crippen LogP contribution in [0.3, 0.4) is 0 Å². The van der Waals surface area contributed by atoms with Crippen molar-refractivity contribution in [1.82, 2.24) is 10.2 Å². The van der Waals surface area contributed by atoms with Crippen LogP contribution in [0.2, 0.25) is 0 Å². The predicted molar refractivity (Wildman–Crippen MR) is 74.9 cm³/mol. The fraction of sp³-hybridized carbons (Fsp3) is 0.600. The Kier molecular flexibility index (Phi) is 5.02. The molecule has 0 radical (unpaired) electrons. The van der Waals surface area contributed by atoms with Crippen LogP contribution in [0.5, 0.6) is 5.75 Å². The van der Waals surface area contributed by atoms with E-state index in [-0.39, 0.29) is 0 Å². The predicted octanol–water partition coefficient (Wildman–Crippen LogP) is 2.13. The molecule has 0 saturated carbocycles. The molecule has 0 aromatic heterocycles. The van der Waals surface area contributed by atoms with E-state index in [1.54, 1.807) is 7.11 Å². The summed E-state index contributed by atoms with van der Waals surface area (Å²) in [5.41, 5.74) is 1.30. The topological polar surface area (TPSA) is 24.5 Å². The van der Waals surface area contributed by atoms with E-state index >= 15 is 0 Å². The lowest BCUT2D eigenvalue weighted by Crippen LogP contribution is -2.26. The van der Waals surface area contributed by atoms with Gasteiger partial charge in [-0.05, 0) is 38.0 Å². The van der Waals surface area contributed by atoms with Crippen molar-refractivity contribution in [2.24, 2.45) is 5.92 Å². The van der Waals surface area contributed by atoms with Gasteiger partial charge in [-0.15, -0.1) is 0 Å². The smallest absolute Gasteiger partial charge is 0.123 e. The van der Waals surface area contributed by atoms with Crippen molar-refractivity contribution in [3.8, 4) is 5.75 Å². The first kappa shape index (κ1) is 13.4. The van der Waals surface area contributed by atoms with Crippen LogP contribution in [-0.4, -0.2) is 38.2 Å². The molecule has 1 aromatic rings. The van der Waals surface area contributed by atoms with Crippen LogP contribution in [0.4, 0.5) is 0 Å². The van der Waals surface area contributed by atoms with E-state index in [1.165, 1.54) is 25.1 Å². The first-order valence-electron chi connectivity index (χ1n) is 6.88. The van der Waals surface area contributed by atoms with Gasteiger partial charge in [-0.1, -0.05) is 25.1 Å². The number of benzene rings is 1. The van der Waals surface area contributed by atoms with E-state index in [9.17, 15) is 0 Å². The fourth-order valence-corrected chi connectivity index (χ4v) is 2.65. The number of rotatable bonds is 6. The Morgan fingerprint density at radius 3 is 3.00 bits per heavy atom. The third-order valence-electron chi connectivity index (χ3n) is 3.64. The normalized spacial score (nSPS) is 20.2. The standard InChI is InChI=1S/C15H24N2O/c1-3-16-10-13-8-9-17(11-13)12-14-6-4-5-7-15(14)18-2/h4-7,13,16H,3,8-12H2,1-2H3. The number of likely N-dealkylation sites (tertiary alicyclic amines) is 1. The zero-order chi connectivity index (χ0) is 12.8. The van der Waals surface area contributed by atoms with Crippen LogP contribution in [0, 0.1) is 5.92 Å². The highest BCUT2D eigenvalue weighted by Gasteiger charge is 2.22. The molecule has 0 spiro atoms. The molecule has 1 atom stereocenters. The number of nitrogens with one attached hydrogen (secondary N) is 1. The monoisotopic (exact) mass is 248 g/mol. The first-order chi connectivity index (χ1) is 8.83. The number of nitrogens with zero attached hydrogens (tertiary/aromatic N) is 1. The summed E-state index contributed by atoms with van der Waals surface area (Å²) in [6.07, 6.45) is 1.31. The Morgan fingerprint density at radius 1 is 1.39 bits per heavy atom. The fourth-order valence-electron chi connectivity index (χ4n) is 2.65. The molecule has 0 bridgehead atoms. The molecule has 1 fully saturated rings. The zero-order valence-corrected chi connectivity index (χ0v) is 11.5. The van der Waals surface area contributed by atoms with Gasteiger partial charge in [-0.2, -0.15) is 0 Å². The summed E-state index contributed by atoms with van der Waals surface area (Å²) in [5, 5.41) is 3.45. The van der Waals surface area contributed by atoms with E-state index < -0.39 is 0 Å². The highest BCUT2D eigenvalue weighted by Crippen LogP contribution is 2.23. The molecule has 1 heterocycles. The minimum atomic E-state index is 0.805. The Morgan fingerprint density at radius 2 is 2.22 bits per heavy atom. The van der Waals surface area contributed by atoms with Crippen LogP contribution in [0.15, 0.2) is 24.3 Å². The van der Waals surface area contributed by atoms with Gasteiger partial charge in [0, 0.05) is 18.7 Å². The van der Waals surface area contributed by atoms with Gasteiger partial charge < -0.3 is 10.1 Å². The minimum absolute atomic E-state index is 0.805. The summed E-state index contributed by atoms with van der Waals surface area (Å²) in [7, 11) is 1.75. The van der Waals surface area contributed by atoms with Gasteiger partial charge in [0.1, 0.15) is 5.75 Å². The van der Waals surface area contributed by atoms with Crippen molar-refractivity contribution in [3.63, 3.8) is 0 Å². The van der Waals surface area contributed by atoms with Gasteiger partial charge >= 0.3 is 0 Å². The van der Waals surface area contributed by atoms with Gasteiger partial charge in [0.2, 0.25) is 0 Å². The highest BCUT2D eigenvalue weighted by atomic mass is 16.5. The largest absolute Gasteiger partial charge is 0.496 e. The van der Waals surface area contributed by atoms with Gasteiger partial charge in [-0.3, -0.25) is 4.90 Å². The van der Waals surface area contributed by atoms with Crippen molar-refractivity contribution in [1.29, 1.82) is 0 Å². The number of methoxy groups -OCH3 is 1. The minimum Gasteiger partial charge on any atom is -0.496 e. The van der Waals surface area contributed by atoms with Crippen molar-refractivity contribution < 1.29 is 4.74 Å². The zero-order valence-electron chi connectivity index (χ0n) is 11.5. The lowest BCUT2D eigenvalue weighted by atomic mass is 10.1. The van der Waals surface area contributed by atoms with E-state index in [0.29, 0.717) is 0 Å². The second kappa shape index (κ2) is 6.76. The Hall–Kier alpha value is -1.06. The summed E-state index contributed by atoms with van der Waals surface area (Å²) >= 11 is 0. The van der Waals surface area contributed by atoms with Gasteiger partial charge in [0.25, 0.3) is 0 Å². The molecule has 3 heteroatoms. The Balaban J connectivity index is 1.87. The maximum atomic E-state index is 5.41. The molecular weight excluding hydrogens is 224 g/mol. The molecule has 1 unspecified atom stereocenters. The van der Waals surface area contributed by atoms with Crippen molar-refractivity contribution in [2.45, 2.75) is 19.9 Å². The van der Waals surface area contributed by atoms with Crippen molar-refractivity contribution >= 4 is 0 Å². The average Bonchev–Trinajstić information content (AvgIpc) is 2.84. The summed E-state index contributed by atoms with van der Waals surface area (Å²) in [6, 6.07) is 8.32. The third kappa shape index (κ3) is 3.47. The highest BCUT2D eigenvalue weighted by molar-refractivity contribution is 5.33. The molecule has 100 valence electrons. The molecule has 3 nitrogen and oxygen atoms in total. The SMILES string of the molecule is CCNCC1CCN(Cc2ccccc2OC)C1. The third-order valence-corrected chi connectivity index (χ3v) is 3.64. The second-order valence-electron chi connectivity index (χ2n) is 5.01. The van der Waals surface area contributed by atoms with Crippen molar-refractivity contribution in [2.75, 3.05) is 33.3 Å². The number of para-hydroxylation sites is 1. The molecule has 0 amide bonds. The molecule has 1 aliphatic heterocycles. The molecule has 1 aromatic carbocycles. The molecule has 18 heavy (non-hydrogen) atoms. The summed E-state index contributed by atoms with van der Waals surface area (Å²) in [6.45, 7) is 7.80. The summed E-state index contributed by atoms with van der Waals surface area (Å²) in [4.78, 5) is 2.53. The van der Waals surface area contributed by atoms with E-state index in [1.807, 2.05) is 12.1 Å². The maximum Gasteiger partial charge on any atom is 0.123 e. The van der Waals surface area contributed by atoms with Gasteiger partial charge in [0.05, 0.1) is 7.11 Å². The van der Waals surface area contributed by atoms with Crippen LogP contribution in [0.25, 0.3) is 0 Å². The van der Waals surface area contributed by atoms with Crippen LogP contribution in [-0.2, 0) is 6.54 Å². The molecular formula is C15H24N2O. The Bertz CT molecular complexity index is 367. The lowest BCUT2D eigenvalue weighted by molar-refractivity contribution is 0.306. The van der Waals surface area contributed by atoms with Crippen molar-refractivity contribution in [3.05, 3.63) is 29.8 Å². The first-order valence-corrected chi connectivity index (χ1v) is 6.88. The van der Waals surface area contributed by atoms with E-state index in [4.69, 9.17) is 4.74 Å². The van der Waals surface area contributed by atoms with Crippen LogP contribution in [0.1, 0.15) is 18.9 Å². The maximum absolute atomic E-state index is 5.41.